The summed E-state index contributed by atoms with van der Waals surface area (Å²) in [6, 6.07) is 0. The molecule has 5 nitrogen and oxygen atoms in total. The molecule has 3 rings (SSSR count). The van der Waals surface area contributed by atoms with Gasteiger partial charge in [-0.05, 0) is 57.3 Å². The van der Waals surface area contributed by atoms with E-state index in [1.807, 2.05) is 20.8 Å². The first-order chi connectivity index (χ1) is 10.6. The third-order valence-corrected chi connectivity index (χ3v) is 6.00. The maximum atomic E-state index is 12.5. The summed E-state index contributed by atoms with van der Waals surface area (Å²) in [4.78, 5) is 36.4. The van der Waals surface area contributed by atoms with Crippen molar-refractivity contribution in [3.63, 3.8) is 0 Å². The second kappa shape index (κ2) is 9.20. The summed E-state index contributed by atoms with van der Waals surface area (Å²) in [6.07, 6.45) is 1.78. The highest BCUT2D eigenvalue weighted by atomic mass is 16.6. The molecular formula is C22H42O5. The minimum Gasteiger partial charge on any atom is -0.460 e. The zero-order chi connectivity index (χ0) is 17.1. The van der Waals surface area contributed by atoms with Crippen LogP contribution in [-0.2, 0) is 23.9 Å². The van der Waals surface area contributed by atoms with Crippen molar-refractivity contribution in [2.75, 3.05) is 0 Å². The van der Waals surface area contributed by atoms with Gasteiger partial charge in [0.25, 0.3) is 0 Å². The molecule has 1 saturated heterocycles. The summed E-state index contributed by atoms with van der Waals surface area (Å²) < 4.78 is 10.4. The molecule has 0 amide bonds. The standard InChI is InChI=1S/C18H26O5.4CH4/c1-8-10-6-11(12(7-10)16(20)23-18(3,4)5)13(8)14-9(2)15(19)22-17(14)21;;;;/h8-14H,6-7H2,1-5H3;4*1H4. The maximum absolute atomic E-state index is 12.5. The van der Waals surface area contributed by atoms with Crippen molar-refractivity contribution < 1.29 is 23.9 Å². The third-order valence-electron chi connectivity index (χ3n) is 6.00. The number of cyclic esters (lactones) is 2. The van der Waals surface area contributed by atoms with Gasteiger partial charge in [0.2, 0.25) is 0 Å². The predicted molar refractivity (Wildman–Crippen MR) is 109 cm³/mol. The molecule has 3 fully saturated rings. The number of hydrogen-bond donors (Lipinski definition) is 0. The van der Waals surface area contributed by atoms with Crippen molar-refractivity contribution in [3.05, 3.63) is 0 Å². The largest absolute Gasteiger partial charge is 0.460 e. The average molecular weight is 387 g/mol. The van der Waals surface area contributed by atoms with Gasteiger partial charge in [-0.25, -0.2) is 0 Å². The zero-order valence-corrected chi connectivity index (χ0v) is 14.5. The fraction of sp³-hybridized carbons (Fsp3) is 0.864. The molecule has 160 valence electrons. The minimum atomic E-state index is -0.504. The van der Waals surface area contributed by atoms with Crippen molar-refractivity contribution in [2.45, 2.75) is 82.8 Å². The van der Waals surface area contributed by atoms with Crippen LogP contribution < -0.4 is 0 Å². The molecule has 0 aromatic carbocycles. The third kappa shape index (κ3) is 4.72. The fourth-order valence-corrected chi connectivity index (χ4v) is 5.01. The quantitative estimate of drug-likeness (QED) is 0.487. The molecule has 2 saturated carbocycles. The summed E-state index contributed by atoms with van der Waals surface area (Å²) in [5, 5.41) is 0. The number of carbonyl (C=O) groups is 3. The van der Waals surface area contributed by atoms with Crippen LogP contribution in [0.2, 0.25) is 0 Å². The van der Waals surface area contributed by atoms with E-state index < -0.39 is 29.4 Å². The molecule has 27 heavy (non-hydrogen) atoms. The van der Waals surface area contributed by atoms with Gasteiger partial charge in [-0.3, -0.25) is 14.4 Å². The highest BCUT2D eigenvalue weighted by Crippen LogP contribution is 2.59. The van der Waals surface area contributed by atoms with Crippen LogP contribution in [0.25, 0.3) is 0 Å². The smallest absolute Gasteiger partial charge is 0.317 e. The van der Waals surface area contributed by atoms with Crippen molar-refractivity contribution in [3.8, 4) is 0 Å². The van der Waals surface area contributed by atoms with E-state index in [9.17, 15) is 14.4 Å². The van der Waals surface area contributed by atoms with Crippen LogP contribution in [0.1, 0.15) is 77.2 Å². The summed E-state index contributed by atoms with van der Waals surface area (Å²) in [6.45, 7) is 9.51. The zero-order valence-electron chi connectivity index (χ0n) is 14.5. The molecule has 2 aliphatic carbocycles. The number of carbonyl (C=O) groups excluding carboxylic acids is 3. The van der Waals surface area contributed by atoms with Gasteiger partial charge in [0, 0.05) is 0 Å². The average Bonchev–Trinajstić information content (AvgIpc) is 3.03. The molecule has 1 aliphatic heterocycles. The number of rotatable bonds is 2. The van der Waals surface area contributed by atoms with Gasteiger partial charge in [-0.1, -0.05) is 43.6 Å². The van der Waals surface area contributed by atoms with Crippen LogP contribution >= 0.6 is 0 Å². The normalized spacial score (nSPS) is 36.6. The second-order valence-electron chi connectivity index (χ2n) is 8.53. The fourth-order valence-electron chi connectivity index (χ4n) is 5.01. The van der Waals surface area contributed by atoms with E-state index in [-0.39, 0.29) is 53.4 Å². The van der Waals surface area contributed by atoms with E-state index in [2.05, 4.69) is 6.92 Å². The highest BCUT2D eigenvalue weighted by molar-refractivity contribution is 5.96. The molecule has 1 heterocycles. The van der Waals surface area contributed by atoms with Crippen LogP contribution in [-0.4, -0.2) is 23.5 Å². The molecule has 0 aromatic rings. The summed E-state index contributed by atoms with van der Waals surface area (Å²) in [5.41, 5.74) is -0.504. The Kier molecular flexibility index (Phi) is 9.48. The molecule has 0 spiro atoms. The Morgan fingerprint density at radius 3 is 1.96 bits per heavy atom. The van der Waals surface area contributed by atoms with Crippen molar-refractivity contribution >= 4 is 17.9 Å². The molecule has 7 unspecified atom stereocenters. The van der Waals surface area contributed by atoms with Crippen molar-refractivity contribution in [1.29, 1.82) is 0 Å². The first kappa shape index (κ1) is 27.8. The van der Waals surface area contributed by atoms with E-state index in [1.54, 1.807) is 6.92 Å². The minimum absolute atomic E-state index is 0. The van der Waals surface area contributed by atoms with Gasteiger partial charge < -0.3 is 9.47 Å². The molecule has 0 radical (unpaired) electrons. The van der Waals surface area contributed by atoms with E-state index in [0.29, 0.717) is 11.8 Å². The lowest BCUT2D eigenvalue weighted by Crippen LogP contribution is -2.41. The molecule has 3 aliphatic rings. The van der Waals surface area contributed by atoms with E-state index >= 15 is 0 Å². The van der Waals surface area contributed by atoms with E-state index in [1.165, 1.54) is 0 Å². The van der Waals surface area contributed by atoms with Gasteiger partial charge in [0.1, 0.15) is 5.60 Å². The van der Waals surface area contributed by atoms with Crippen molar-refractivity contribution in [1.82, 2.24) is 0 Å². The molecule has 2 bridgehead atoms. The van der Waals surface area contributed by atoms with Crippen LogP contribution in [0.15, 0.2) is 0 Å². The first-order valence-electron chi connectivity index (χ1n) is 8.58. The first-order valence-corrected chi connectivity index (χ1v) is 8.58. The van der Waals surface area contributed by atoms with Crippen molar-refractivity contribution in [2.24, 2.45) is 41.4 Å². The van der Waals surface area contributed by atoms with Gasteiger partial charge in [0.05, 0.1) is 17.8 Å². The number of ether oxygens (including phenoxy) is 2. The van der Waals surface area contributed by atoms with Gasteiger partial charge in [-0.15, -0.1) is 0 Å². The molecule has 5 heteroatoms. The number of hydrogen-bond acceptors (Lipinski definition) is 5. The molecular weight excluding hydrogens is 344 g/mol. The second-order valence-corrected chi connectivity index (χ2v) is 8.53. The van der Waals surface area contributed by atoms with Crippen LogP contribution in [0.5, 0.6) is 0 Å². The molecule has 7 atom stereocenters. The number of esters is 3. The molecule has 0 aromatic heterocycles. The van der Waals surface area contributed by atoms with E-state index in [4.69, 9.17) is 9.47 Å². The summed E-state index contributed by atoms with van der Waals surface area (Å²) in [7, 11) is 0. The van der Waals surface area contributed by atoms with E-state index in [0.717, 1.165) is 12.8 Å². The Balaban J connectivity index is 0. The number of fused-ring (bicyclic) bond motifs is 2. The van der Waals surface area contributed by atoms with Crippen LogP contribution in [0.3, 0.4) is 0 Å². The van der Waals surface area contributed by atoms with Gasteiger partial charge in [0.15, 0.2) is 0 Å². The Morgan fingerprint density at radius 1 is 1.00 bits per heavy atom. The molecule has 0 N–H and O–H groups in total. The van der Waals surface area contributed by atoms with Gasteiger partial charge in [-0.2, -0.15) is 0 Å². The van der Waals surface area contributed by atoms with Crippen LogP contribution in [0, 0.1) is 41.4 Å². The highest BCUT2D eigenvalue weighted by Gasteiger charge is 2.60. The summed E-state index contributed by atoms with van der Waals surface area (Å²) >= 11 is 0. The maximum Gasteiger partial charge on any atom is 0.317 e. The van der Waals surface area contributed by atoms with Crippen LogP contribution in [0.4, 0.5) is 0 Å². The summed E-state index contributed by atoms with van der Waals surface area (Å²) in [5.74, 6) is -1.04. The topological polar surface area (TPSA) is 69.7 Å². The van der Waals surface area contributed by atoms with Gasteiger partial charge >= 0.3 is 17.9 Å². The Labute approximate surface area is 166 Å². The monoisotopic (exact) mass is 386 g/mol. The lowest BCUT2D eigenvalue weighted by Gasteiger charge is -2.37. The Morgan fingerprint density at radius 2 is 1.56 bits per heavy atom. The SMILES string of the molecule is C.C.C.C.CC1C(=O)OC(=O)C1C1C(C)C2CC(C(=O)OC(C)(C)C)C1C2. The Bertz CT molecular complexity index is 547. The Hall–Kier alpha value is -1.39. The lowest BCUT2D eigenvalue weighted by atomic mass is 9.66. The lowest BCUT2D eigenvalue weighted by molar-refractivity contribution is -0.165. The predicted octanol–water partition coefficient (Wildman–Crippen LogP) is 5.12.